The summed E-state index contributed by atoms with van der Waals surface area (Å²) in [4.78, 5) is 27.2. The fourth-order valence-electron chi connectivity index (χ4n) is 4.97. The summed E-state index contributed by atoms with van der Waals surface area (Å²) in [6, 6.07) is 4.93. The summed E-state index contributed by atoms with van der Waals surface area (Å²) in [5.74, 6) is 0.368. The average Bonchev–Trinajstić information content (AvgIpc) is 3.15. The highest BCUT2D eigenvalue weighted by Gasteiger charge is 2.41. The van der Waals surface area contributed by atoms with Crippen molar-refractivity contribution in [3.8, 4) is 5.75 Å². The van der Waals surface area contributed by atoms with E-state index in [1.54, 1.807) is 34.3 Å². The van der Waals surface area contributed by atoms with Gasteiger partial charge in [0.25, 0.3) is 5.91 Å². The smallest absolute Gasteiger partial charge is 0.309 e. The zero-order valence-corrected chi connectivity index (χ0v) is 20.5. The topological polar surface area (TPSA) is 93.2 Å². The van der Waals surface area contributed by atoms with Crippen LogP contribution in [-0.2, 0) is 24.3 Å². The Bertz CT molecular complexity index is 994. The minimum Gasteiger partial charge on any atom is -0.480 e. The average molecular weight is 479 g/mol. The van der Waals surface area contributed by atoms with Gasteiger partial charge in [-0.3, -0.25) is 9.59 Å². The van der Waals surface area contributed by atoms with Crippen molar-refractivity contribution < 1.29 is 27.5 Å². The van der Waals surface area contributed by atoms with Gasteiger partial charge in [0.15, 0.2) is 6.10 Å². The minimum atomic E-state index is -3.57. The van der Waals surface area contributed by atoms with Crippen LogP contribution in [-0.4, -0.2) is 68.4 Å². The number of carbonyl (C=O) groups is 2. The molecule has 3 aliphatic rings. The number of likely N-dealkylation sites (tertiary alicyclic amines) is 1. The number of rotatable bonds is 5. The highest BCUT2D eigenvalue weighted by molar-refractivity contribution is 7.89. The van der Waals surface area contributed by atoms with Crippen LogP contribution in [0.2, 0.25) is 0 Å². The van der Waals surface area contributed by atoms with E-state index < -0.39 is 16.1 Å². The quantitative estimate of drug-likeness (QED) is 0.604. The van der Waals surface area contributed by atoms with Crippen LogP contribution in [0.1, 0.15) is 57.9 Å². The van der Waals surface area contributed by atoms with Crippen molar-refractivity contribution in [2.45, 2.75) is 63.4 Å². The summed E-state index contributed by atoms with van der Waals surface area (Å²) in [7, 11) is -3.57. The van der Waals surface area contributed by atoms with E-state index in [0.29, 0.717) is 57.3 Å². The number of hydrogen-bond acceptors (Lipinski definition) is 6. The van der Waals surface area contributed by atoms with E-state index in [1.165, 1.54) is 0 Å². The third-order valence-corrected chi connectivity index (χ3v) is 9.12. The minimum absolute atomic E-state index is 0.115. The SMILES string of the molecule is CCOC(=O)C1CCN(C(=O)C2Oc3ccc(S(=O)(=O)N4CCC(C)CC4)cc3C2C)CC1. The second-order valence-corrected chi connectivity index (χ2v) is 11.4. The fraction of sp³-hybridized carbons (Fsp3) is 0.667. The van der Waals surface area contributed by atoms with Crippen LogP contribution in [0.15, 0.2) is 23.1 Å². The van der Waals surface area contributed by atoms with Gasteiger partial charge in [0.2, 0.25) is 10.0 Å². The molecule has 2 atom stereocenters. The molecule has 1 amide bonds. The maximum Gasteiger partial charge on any atom is 0.309 e. The van der Waals surface area contributed by atoms with Crippen molar-refractivity contribution in [3.63, 3.8) is 0 Å². The molecular weight excluding hydrogens is 444 g/mol. The number of piperidine rings is 2. The Hall–Kier alpha value is -2.13. The highest BCUT2D eigenvalue weighted by atomic mass is 32.2. The van der Waals surface area contributed by atoms with Crippen LogP contribution >= 0.6 is 0 Å². The van der Waals surface area contributed by atoms with Gasteiger partial charge in [0.05, 0.1) is 17.4 Å². The Labute approximate surface area is 196 Å². The van der Waals surface area contributed by atoms with Crippen LogP contribution in [0.3, 0.4) is 0 Å². The maximum absolute atomic E-state index is 13.2. The molecular formula is C24H34N2O6S. The van der Waals surface area contributed by atoms with Crippen LogP contribution in [0.5, 0.6) is 5.75 Å². The number of nitrogens with zero attached hydrogens (tertiary/aromatic N) is 2. The summed E-state index contributed by atoms with van der Waals surface area (Å²) in [6.45, 7) is 8.24. The first-order chi connectivity index (χ1) is 15.7. The van der Waals surface area contributed by atoms with Crippen LogP contribution in [0, 0.1) is 11.8 Å². The zero-order valence-electron chi connectivity index (χ0n) is 19.7. The van der Waals surface area contributed by atoms with Crippen LogP contribution in [0.4, 0.5) is 0 Å². The number of carbonyl (C=O) groups excluding carboxylic acids is 2. The maximum atomic E-state index is 13.2. The van der Waals surface area contributed by atoms with Crippen LogP contribution < -0.4 is 4.74 Å². The van der Waals surface area contributed by atoms with Gasteiger partial charge in [0, 0.05) is 37.7 Å². The molecule has 1 aromatic rings. The molecule has 0 saturated carbocycles. The van der Waals surface area contributed by atoms with E-state index >= 15 is 0 Å². The van der Waals surface area contributed by atoms with E-state index in [-0.39, 0.29) is 28.6 Å². The molecule has 0 bridgehead atoms. The van der Waals surface area contributed by atoms with Crippen molar-refractivity contribution >= 4 is 21.9 Å². The molecule has 1 aromatic carbocycles. The van der Waals surface area contributed by atoms with Gasteiger partial charge >= 0.3 is 5.97 Å². The summed E-state index contributed by atoms with van der Waals surface area (Å²) in [6.07, 6.45) is 2.21. The van der Waals surface area contributed by atoms with Gasteiger partial charge in [-0.15, -0.1) is 0 Å². The van der Waals surface area contributed by atoms with E-state index in [0.717, 1.165) is 18.4 Å². The standard InChI is InChI=1S/C24H34N2O6S/c1-4-31-24(28)18-9-11-25(12-10-18)23(27)22-17(3)20-15-19(5-6-21(20)32-22)33(29,30)26-13-7-16(2)8-14-26/h5-6,15-18,22H,4,7-14H2,1-3H3. The fourth-order valence-corrected chi connectivity index (χ4v) is 6.47. The van der Waals surface area contributed by atoms with E-state index in [2.05, 4.69) is 6.92 Å². The van der Waals surface area contributed by atoms with Crippen molar-refractivity contribution in [3.05, 3.63) is 23.8 Å². The van der Waals surface area contributed by atoms with Gasteiger partial charge < -0.3 is 14.4 Å². The number of benzene rings is 1. The molecule has 4 rings (SSSR count). The monoisotopic (exact) mass is 478 g/mol. The predicted octanol–water partition coefficient (Wildman–Crippen LogP) is 2.77. The number of ether oxygens (including phenoxy) is 2. The summed E-state index contributed by atoms with van der Waals surface area (Å²) < 4.78 is 39.0. The van der Waals surface area contributed by atoms with Gasteiger partial charge in [-0.25, -0.2) is 8.42 Å². The molecule has 8 nitrogen and oxygen atoms in total. The molecule has 2 unspecified atom stereocenters. The molecule has 3 heterocycles. The summed E-state index contributed by atoms with van der Waals surface area (Å²) in [5, 5.41) is 0. The van der Waals surface area contributed by atoms with E-state index in [1.807, 2.05) is 6.92 Å². The number of sulfonamides is 1. The molecule has 33 heavy (non-hydrogen) atoms. The van der Waals surface area contributed by atoms with Crippen LogP contribution in [0.25, 0.3) is 0 Å². The number of esters is 1. The van der Waals surface area contributed by atoms with Crippen molar-refractivity contribution in [2.24, 2.45) is 11.8 Å². The molecule has 0 aliphatic carbocycles. The molecule has 0 aromatic heterocycles. The lowest BCUT2D eigenvalue weighted by atomic mass is 9.94. The Kier molecular flexibility index (Phi) is 7.00. The van der Waals surface area contributed by atoms with Crippen molar-refractivity contribution in [1.29, 1.82) is 0 Å². The first-order valence-corrected chi connectivity index (χ1v) is 13.4. The first-order valence-electron chi connectivity index (χ1n) is 12.0. The van der Waals surface area contributed by atoms with Gasteiger partial charge in [-0.1, -0.05) is 13.8 Å². The lowest BCUT2D eigenvalue weighted by molar-refractivity contribution is -0.152. The molecule has 0 N–H and O–H groups in total. The number of amides is 1. The Morgan fingerprint density at radius 1 is 1.06 bits per heavy atom. The molecule has 9 heteroatoms. The predicted molar refractivity (Wildman–Crippen MR) is 122 cm³/mol. The molecule has 2 fully saturated rings. The molecule has 0 spiro atoms. The molecule has 3 aliphatic heterocycles. The van der Waals surface area contributed by atoms with Crippen molar-refractivity contribution in [2.75, 3.05) is 32.8 Å². The zero-order chi connectivity index (χ0) is 23.8. The van der Waals surface area contributed by atoms with E-state index in [9.17, 15) is 18.0 Å². The van der Waals surface area contributed by atoms with Gasteiger partial charge in [-0.05, 0) is 56.7 Å². The third kappa shape index (κ3) is 4.75. The third-order valence-electron chi connectivity index (χ3n) is 7.23. The lowest BCUT2D eigenvalue weighted by Crippen LogP contribution is -2.47. The second kappa shape index (κ2) is 9.62. The largest absolute Gasteiger partial charge is 0.480 e. The summed E-state index contributed by atoms with van der Waals surface area (Å²) >= 11 is 0. The van der Waals surface area contributed by atoms with Gasteiger partial charge in [-0.2, -0.15) is 4.31 Å². The molecule has 0 radical (unpaired) electrons. The Morgan fingerprint density at radius 3 is 2.36 bits per heavy atom. The summed E-state index contributed by atoms with van der Waals surface area (Å²) in [5.41, 5.74) is 0.751. The number of hydrogen-bond donors (Lipinski definition) is 0. The highest BCUT2D eigenvalue weighted by Crippen LogP contribution is 2.41. The Morgan fingerprint density at radius 2 is 1.73 bits per heavy atom. The molecule has 182 valence electrons. The lowest BCUT2D eigenvalue weighted by Gasteiger charge is -2.33. The van der Waals surface area contributed by atoms with Crippen molar-refractivity contribution in [1.82, 2.24) is 9.21 Å². The van der Waals surface area contributed by atoms with E-state index in [4.69, 9.17) is 9.47 Å². The van der Waals surface area contributed by atoms with Gasteiger partial charge in [0.1, 0.15) is 5.75 Å². The number of fused-ring (bicyclic) bond motifs is 1. The first kappa shape index (κ1) is 24.0. The molecule has 2 saturated heterocycles. The Balaban J connectivity index is 1.43. The second-order valence-electron chi connectivity index (χ2n) is 9.46. The normalized spacial score (nSPS) is 24.9.